The fourth-order valence-corrected chi connectivity index (χ4v) is 2.75. The summed E-state index contributed by atoms with van der Waals surface area (Å²) in [6, 6.07) is 8.74. The van der Waals surface area contributed by atoms with Gasteiger partial charge in [0.2, 0.25) is 0 Å². The Morgan fingerprint density at radius 3 is 2.73 bits per heavy atom. The molecule has 0 radical (unpaired) electrons. The molecular weight excluding hydrogens is 299 g/mol. The summed E-state index contributed by atoms with van der Waals surface area (Å²) in [5.74, 6) is -0.280. The molecule has 2 aromatic rings. The van der Waals surface area contributed by atoms with Crippen molar-refractivity contribution in [3.8, 4) is 0 Å². The number of benzene rings is 1. The molecule has 0 aliphatic rings. The molecule has 0 saturated heterocycles. The molecular formula is C11H7BrClFS. The van der Waals surface area contributed by atoms with Crippen LogP contribution >= 0.6 is 38.9 Å². The van der Waals surface area contributed by atoms with Crippen LogP contribution in [-0.2, 0) is 0 Å². The second-order valence-corrected chi connectivity index (χ2v) is 5.38. The molecule has 0 N–H and O–H groups in total. The van der Waals surface area contributed by atoms with Crippen LogP contribution in [0.3, 0.4) is 0 Å². The fourth-order valence-electron chi connectivity index (χ4n) is 1.30. The van der Waals surface area contributed by atoms with Gasteiger partial charge < -0.3 is 0 Å². The molecule has 0 amide bonds. The number of hydrogen-bond donors (Lipinski definition) is 0. The molecule has 0 aliphatic carbocycles. The van der Waals surface area contributed by atoms with E-state index in [1.165, 1.54) is 17.4 Å². The Labute approximate surface area is 105 Å². The molecule has 1 aromatic carbocycles. The van der Waals surface area contributed by atoms with E-state index < -0.39 is 5.38 Å². The van der Waals surface area contributed by atoms with Gasteiger partial charge in [0, 0.05) is 14.9 Å². The maximum Gasteiger partial charge on any atom is 0.129 e. The lowest BCUT2D eigenvalue weighted by atomic mass is 10.1. The Bertz CT molecular complexity index is 456. The molecule has 2 rings (SSSR count). The van der Waals surface area contributed by atoms with Crippen LogP contribution in [-0.4, -0.2) is 0 Å². The summed E-state index contributed by atoms with van der Waals surface area (Å²) in [5, 5.41) is 1.53. The lowest BCUT2D eigenvalue weighted by molar-refractivity contribution is 0.612. The molecule has 1 heterocycles. The van der Waals surface area contributed by atoms with Crippen molar-refractivity contribution >= 4 is 38.9 Å². The van der Waals surface area contributed by atoms with Gasteiger partial charge in [0.1, 0.15) is 5.82 Å². The van der Waals surface area contributed by atoms with Crippen LogP contribution in [0.25, 0.3) is 0 Å². The first-order chi connectivity index (χ1) is 7.18. The van der Waals surface area contributed by atoms with E-state index in [1.54, 1.807) is 12.1 Å². The fraction of sp³-hybridized carbons (Fsp3) is 0.0909. The minimum absolute atomic E-state index is 0.280. The SMILES string of the molecule is Fc1cc(Br)ccc1C(Cl)c1cccs1. The van der Waals surface area contributed by atoms with Crippen molar-refractivity contribution in [2.75, 3.05) is 0 Å². The third-order valence-corrected chi connectivity index (χ3v) is 4.06. The highest BCUT2D eigenvalue weighted by molar-refractivity contribution is 9.10. The minimum Gasteiger partial charge on any atom is -0.207 e. The summed E-state index contributed by atoms with van der Waals surface area (Å²) in [6.45, 7) is 0. The van der Waals surface area contributed by atoms with Gasteiger partial charge in [-0.1, -0.05) is 28.1 Å². The van der Waals surface area contributed by atoms with E-state index in [1.807, 2.05) is 17.5 Å². The van der Waals surface area contributed by atoms with Crippen molar-refractivity contribution in [1.82, 2.24) is 0 Å². The van der Waals surface area contributed by atoms with Crippen molar-refractivity contribution in [3.05, 3.63) is 56.4 Å². The first-order valence-corrected chi connectivity index (χ1v) is 6.42. The van der Waals surface area contributed by atoms with Crippen molar-refractivity contribution in [1.29, 1.82) is 0 Å². The monoisotopic (exact) mass is 304 g/mol. The molecule has 1 unspecified atom stereocenters. The Hall–Kier alpha value is -0.380. The van der Waals surface area contributed by atoms with E-state index in [9.17, 15) is 4.39 Å². The first-order valence-electron chi connectivity index (χ1n) is 4.31. The Balaban J connectivity index is 2.38. The molecule has 1 atom stereocenters. The van der Waals surface area contributed by atoms with E-state index >= 15 is 0 Å². The van der Waals surface area contributed by atoms with Crippen LogP contribution in [0.1, 0.15) is 15.8 Å². The van der Waals surface area contributed by atoms with Crippen molar-refractivity contribution in [2.24, 2.45) is 0 Å². The van der Waals surface area contributed by atoms with Gasteiger partial charge >= 0.3 is 0 Å². The summed E-state index contributed by atoms with van der Waals surface area (Å²) < 4.78 is 14.3. The predicted octanol–water partition coefficient (Wildman–Crippen LogP) is 4.98. The van der Waals surface area contributed by atoms with Gasteiger partial charge in [0.25, 0.3) is 0 Å². The van der Waals surface area contributed by atoms with E-state index in [-0.39, 0.29) is 5.82 Å². The third-order valence-electron chi connectivity index (χ3n) is 2.03. The number of alkyl halides is 1. The lowest BCUT2D eigenvalue weighted by Gasteiger charge is -2.08. The average molecular weight is 306 g/mol. The Kier molecular flexibility index (Phi) is 3.44. The van der Waals surface area contributed by atoms with Gasteiger partial charge in [-0.2, -0.15) is 0 Å². The molecule has 0 aliphatic heterocycles. The summed E-state index contributed by atoms with van der Waals surface area (Å²) >= 11 is 10.9. The van der Waals surface area contributed by atoms with Crippen LogP contribution < -0.4 is 0 Å². The summed E-state index contributed by atoms with van der Waals surface area (Å²) in [7, 11) is 0. The van der Waals surface area contributed by atoms with Gasteiger partial charge in [0.15, 0.2) is 0 Å². The maximum absolute atomic E-state index is 13.6. The topological polar surface area (TPSA) is 0 Å². The molecule has 0 fully saturated rings. The van der Waals surface area contributed by atoms with Crippen molar-refractivity contribution < 1.29 is 4.39 Å². The summed E-state index contributed by atoms with van der Waals surface area (Å²) in [5.41, 5.74) is 0.516. The zero-order valence-corrected chi connectivity index (χ0v) is 10.7. The second kappa shape index (κ2) is 4.64. The van der Waals surface area contributed by atoms with Crippen LogP contribution in [0, 0.1) is 5.82 Å². The highest BCUT2D eigenvalue weighted by atomic mass is 79.9. The highest BCUT2D eigenvalue weighted by Gasteiger charge is 2.15. The molecule has 4 heteroatoms. The molecule has 1 aromatic heterocycles. The maximum atomic E-state index is 13.6. The van der Waals surface area contributed by atoms with Crippen LogP contribution in [0.4, 0.5) is 4.39 Å². The van der Waals surface area contributed by atoms with Gasteiger partial charge in [0.05, 0.1) is 5.38 Å². The lowest BCUT2D eigenvalue weighted by Crippen LogP contribution is -1.94. The molecule has 0 bridgehead atoms. The number of rotatable bonds is 2. The third kappa shape index (κ3) is 2.41. The van der Waals surface area contributed by atoms with Gasteiger partial charge in [-0.25, -0.2) is 4.39 Å². The normalized spacial score (nSPS) is 12.7. The van der Waals surface area contributed by atoms with E-state index in [2.05, 4.69) is 15.9 Å². The number of hydrogen-bond acceptors (Lipinski definition) is 1. The molecule has 78 valence electrons. The van der Waals surface area contributed by atoms with E-state index in [4.69, 9.17) is 11.6 Å². The Morgan fingerprint density at radius 1 is 1.33 bits per heavy atom. The summed E-state index contributed by atoms with van der Waals surface area (Å²) in [4.78, 5) is 0.956. The second-order valence-electron chi connectivity index (χ2n) is 3.04. The van der Waals surface area contributed by atoms with E-state index in [0.29, 0.717) is 5.56 Å². The zero-order valence-electron chi connectivity index (χ0n) is 7.58. The number of thiophene rings is 1. The molecule has 0 nitrogen and oxygen atoms in total. The highest BCUT2D eigenvalue weighted by Crippen LogP contribution is 2.34. The minimum atomic E-state index is -0.405. The smallest absolute Gasteiger partial charge is 0.129 e. The zero-order chi connectivity index (χ0) is 10.8. The van der Waals surface area contributed by atoms with E-state index in [0.717, 1.165) is 9.35 Å². The van der Waals surface area contributed by atoms with Gasteiger partial charge in [-0.05, 0) is 23.6 Å². The quantitative estimate of drug-likeness (QED) is 0.687. The van der Waals surface area contributed by atoms with Crippen LogP contribution in [0.2, 0.25) is 0 Å². The van der Waals surface area contributed by atoms with Crippen LogP contribution in [0.15, 0.2) is 40.2 Å². The van der Waals surface area contributed by atoms with Crippen molar-refractivity contribution in [3.63, 3.8) is 0 Å². The number of halogens is 3. The molecule has 15 heavy (non-hydrogen) atoms. The van der Waals surface area contributed by atoms with Gasteiger partial charge in [-0.15, -0.1) is 22.9 Å². The van der Waals surface area contributed by atoms with Gasteiger partial charge in [-0.3, -0.25) is 0 Å². The molecule has 0 spiro atoms. The van der Waals surface area contributed by atoms with Crippen molar-refractivity contribution in [2.45, 2.75) is 5.38 Å². The largest absolute Gasteiger partial charge is 0.207 e. The summed E-state index contributed by atoms with van der Waals surface area (Å²) in [6.07, 6.45) is 0. The average Bonchev–Trinajstić information content (AvgIpc) is 2.69. The standard InChI is InChI=1S/C11H7BrClFS/c12-7-3-4-8(9(14)6-7)11(13)10-2-1-5-15-10/h1-6,11H. The van der Waals surface area contributed by atoms with Crippen LogP contribution in [0.5, 0.6) is 0 Å². The Morgan fingerprint density at radius 2 is 2.13 bits per heavy atom. The predicted molar refractivity (Wildman–Crippen MR) is 66.1 cm³/mol. The molecule has 0 saturated carbocycles. The first kappa shape index (κ1) is 11.1.